The summed E-state index contributed by atoms with van der Waals surface area (Å²) in [6.45, 7) is 6.39. The highest BCUT2D eigenvalue weighted by Gasteiger charge is 2.38. The number of hydrogen-bond donors (Lipinski definition) is 1. The number of nitrogens with zero attached hydrogens (tertiary/aromatic N) is 1. The lowest BCUT2D eigenvalue weighted by atomic mass is 9.82. The molecule has 4 nitrogen and oxygen atoms in total. The SMILES string of the molecule is CC(C)=CC(=O)N1CCCC(C)(C(=O)O)C1. The molecular weight excluding hydrogens is 206 g/mol. The van der Waals surface area contributed by atoms with Gasteiger partial charge in [-0.3, -0.25) is 9.59 Å². The Kier molecular flexibility index (Phi) is 3.73. The zero-order valence-electron chi connectivity index (χ0n) is 10.1. The van der Waals surface area contributed by atoms with Gasteiger partial charge in [-0.25, -0.2) is 0 Å². The molecule has 0 radical (unpaired) electrons. The van der Waals surface area contributed by atoms with Gasteiger partial charge in [-0.05, 0) is 33.6 Å². The molecule has 4 heteroatoms. The number of likely N-dealkylation sites (tertiary alicyclic amines) is 1. The molecule has 0 spiro atoms. The van der Waals surface area contributed by atoms with Gasteiger partial charge < -0.3 is 10.0 Å². The van der Waals surface area contributed by atoms with Crippen LogP contribution in [0.3, 0.4) is 0 Å². The van der Waals surface area contributed by atoms with Crippen molar-refractivity contribution in [2.45, 2.75) is 33.6 Å². The van der Waals surface area contributed by atoms with E-state index in [1.165, 1.54) is 0 Å². The average molecular weight is 225 g/mol. The molecule has 1 fully saturated rings. The van der Waals surface area contributed by atoms with E-state index in [9.17, 15) is 9.59 Å². The van der Waals surface area contributed by atoms with Crippen LogP contribution in [0, 0.1) is 5.41 Å². The molecule has 16 heavy (non-hydrogen) atoms. The lowest BCUT2D eigenvalue weighted by Gasteiger charge is -2.37. The number of aliphatic carboxylic acids is 1. The Labute approximate surface area is 95.9 Å². The molecule has 0 aromatic carbocycles. The number of carbonyl (C=O) groups is 2. The van der Waals surface area contributed by atoms with Crippen LogP contribution in [0.1, 0.15) is 33.6 Å². The normalized spacial score (nSPS) is 25.1. The highest BCUT2D eigenvalue weighted by molar-refractivity contribution is 5.89. The van der Waals surface area contributed by atoms with Gasteiger partial charge in [0.2, 0.25) is 5.91 Å². The summed E-state index contributed by atoms with van der Waals surface area (Å²) in [5.41, 5.74) is 0.149. The van der Waals surface area contributed by atoms with Gasteiger partial charge in [-0.1, -0.05) is 5.57 Å². The van der Waals surface area contributed by atoms with Crippen molar-refractivity contribution in [3.8, 4) is 0 Å². The quantitative estimate of drug-likeness (QED) is 0.727. The number of piperidine rings is 1. The fourth-order valence-corrected chi connectivity index (χ4v) is 1.94. The minimum atomic E-state index is -0.817. The van der Waals surface area contributed by atoms with Crippen LogP contribution < -0.4 is 0 Å². The minimum Gasteiger partial charge on any atom is -0.481 e. The van der Waals surface area contributed by atoms with Crippen LogP contribution in [0.4, 0.5) is 0 Å². The number of rotatable bonds is 2. The molecule has 1 atom stereocenters. The van der Waals surface area contributed by atoms with Gasteiger partial charge in [0, 0.05) is 19.2 Å². The van der Waals surface area contributed by atoms with Gasteiger partial charge in [0.05, 0.1) is 5.41 Å². The molecule has 1 saturated heterocycles. The lowest BCUT2D eigenvalue weighted by Crippen LogP contribution is -2.48. The zero-order valence-corrected chi connectivity index (χ0v) is 10.1. The largest absolute Gasteiger partial charge is 0.481 e. The van der Waals surface area contributed by atoms with Crippen molar-refractivity contribution >= 4 is 11.9 Å². The Morgan fingerprint density at radius 3 is 2.50 bits per heavy atom. The summed E-state index contributed by atoms with van der Waals surface area (Å²) in [5, 5.41) is 9.13. The summed E-state index contributed by atoms with van der Waals surface area (Å²) < 4.78 is 0. The van der Waals surface area contributed by atoms with Crippen molar-refractivity contribution < 1.29 is 14.7 Å². The first-order valence-corrected chi connectivity index (χ1v) is 5.52. The summed E-state index contributed by atoms with van der Waals surface area (Å²) in [6, 6.07) is 0. The molecule has 1 heterocycles. The maximum atomic E-state index is 11.8. The standard InChI is InChI=1S/C12H19NO3/c1-9(2)7-10(14)13-6-4-5-12(3,8-13)11(15)16/h7H,4-6,8H2,1-3H3,(H,15,16). The first-order chi connectivity index (χ1) is 7.35. The number of carboxylic acids is 1. The first kappa shape index (κ1) is 12.7. The summed E-state index contributed by atoms with van der Waals surface area (Å²) in [4.78, 5) is 24.5. The van der Waals surface area contributed by atoms with Gasteiger partial charge in [0.1, 0.15) is 0 Å². The lowest BCUT2D eigenvalue weighted by molar-refractivity contribution is -0.152. The van der Waals surface area contributed by atoms with Crippen molar-refractivity contribution in [2.75, 3.05) is 13.1 Å². The van der Waals surface area contributed by atoms with Gasteiger partial charge in [-0.2, -0.15) is 0 Å². The average Bonchev–Trinajstić information content (AvgIpc) is 2.16. The molecule has 1 rings (SSSR count). The van der Waals surface area contributed by atoms with Gasteiger partial charge >= 0.3 is 5.97 Å². The van der Waals surface area contributed by atoms with E-state index >= 15 is 0 Å². The predicted octanol–water partition coefficient (Wildman–Crippen LogP) is 1.67. The second-order valence-corrected chi connectivity index (χ2v) is 4.95. The highest BCUT2D eigenvalue weighted by Crippen LogP contribution is 2.29. The fourth-order valence-electron chi connectivity index (χ4n) is 1.94. The molecule has 1 unspecified atom stereocenters. The Morgan fingerprint density at radius 2 is 2.00 bits per heavy atom. The fraction of sp³-hybridized carbons (Fsp3) is 0.667. The Bertz CT molecular complexity index is 331. The van der Waals surface area contributed by atoms with Crippen LogP contribution in [0.5, 0.6) is 0 Å². The zero-order chi connectivity index (χ0) is 12.3. The number of amides is 1. The molecule has 0 saturated carbocycles. The molecule has 0 bridgehead atoms. The summed E-state index contributed by atoms with van der Waals surface area (Å²) in [6.07, 6.45) is 2.96. The third-order valence-corrected chi connectivity index (χ3v) is 2.94. The maximum absolute atomic E-state index is 11.8. The van der Waals surface area contributed by atoms with Crippen molar-refractivity contribution in [2.24, 2.45) is 5.41 Å². The third kappa shape index (κ3) is 2.84. The van der Waals surface area contributed by atoms with Gasteiger partial charge in [0.25, 0.3) is 0 Å². The van der Waals surface area contributed by atoms with Crippen LogP contribution in [0.2, 0.25) is 0 Å². The molecule has 0 aromatic rings. The predicted molar refractivity (Wildman–Crippen MR) is 61.0 cm³/mol. The van der Waals surface area contributed by atoms with Crippen molar-refractivity contribution in [3.05, 3.63) is 11.6 Å². The number of allylic oxidation sites excluding steroid dienone is 1. The van der Waals surface area contributed by atoms with Crippen LogP contribution in [0.15, 0.2) is 11.6 Å². The van der Waals surface area contributed by atoms with Crippen molar-refractivity contribution in [1.29, 1.82) is 0 Å². The van der Waals surface area contributed by atoms with Crippen molar-refractivity contribution in [1.82, 2.24) is 4.90 Å². The van der Waals surface area contributed by atoms with E-state index in [1.807, 2.05) is 13.8 Å². The van der Waals surface area contributed by atoms with Crippen LogP contribution in [0.25, 0.3) is 0 Å². The highest BCUT2D eigenvalue weighted by atomic mass is 16.4. The van der Waals surface area contributed by atoms with E-state index in [1.54, 1.807) is 17.9 Å². The number of carbonyl (C=O) groups excluding carboxylic acids is 1. The Morgan fingerprint density at radius 1 is 1.38 bits per heavy atom. The van der Waals surface area contributed by atoms with E-state index in [-0.39, 0.29) is 5.91 Å². The molecule has 1 N–H and O–H groups in total. The number of hydrogen-bond acceptors (Lipinski definition) is 2. The Balaban J connectivity index is 2.75. The Hall–Kier alpha value is -1.32. The summed E-state index contributed by atoms with van der Waals surface area (Å²) in [7, 11) is 0. The van der Waals surface area contributed by atoms with E-state index < -0.39 is 11.4 Å². The molecule has 1 aliphatic rings. The first-order valence-electron chi connectivity index (χ1n) is 5.52. The molecule has 1 amide bonds. The van der Waals surface area contributed by atoms with Crippen molar-refractivity contribution in [3.63, 3.8) is 0 Å². The molecule has 1 aliphatic heterocycles. The molecule has 90 valence electrons. The smallest absolute Gasteiger partial charge is 0.311 e. The molecule has 0 aromatic heterocycles. The van der Waals surface area contributed by atoms with Gasteiger partial charge in [-0.15, -0.1) is 0 Å². The van der Waals surface area contributed by atoms with Crippen LogP contribution >= 0.6 is 0 Å². The summed E-state index contributed by atoms with van der Waals surface area (Å²) in [5.74, 6) is -0.894. The monoisotopic (exact) mass is 225 g/mol. The second-order valence-electron chi connectivity index (χ2n) is 4.95. The van der Waals surface area contributed by atoms with Crippen LogP contribution in [-0.4, -0.2) is 35.0 Å². The second kappa shape index (κ2) is 4.68. The third-order valence-electron chi connectivity index (χ3n) is 2.94. The van der Waals surface area contributed by atoms with E-state index in [0.717, 1.165) is 12.0 Å². The van der Waals surface area contributed by atoms with Crippen LogP contribution in [-0.2, 0) is 9.59 Å². The maximum Gasteiger partial charge on any atom is 0.311 e. The van der Waals surface area contributed by atoms with E-state index in [0.29, 0.717) is 19.5 Å². The molecule has 0 aliphatic carbocycles. The number of carboxylic acid groups (broad SMARTS) is 1. The minimum absolute atomic E-state index is 0.0767. The summed E-state index contributed by atoms with van der Waals surface area (Å²) >= 11 is 0. The van der Waals surface area contributed by atoms with Gasteiger partial charge in [0.15, 0.2) is 0 Å². The molecular formula is C12H19NO3. The van der Waals surface area contributed by atoms with E-state index in [4.69, 9.17) is 5.11 Å². The van der Waals surface area contributed by atoms with E-state index in [2.05, 4.69) is 0 Å². The topological polar surface area (TPSA) is 57.6 Å².